The van der Waals surface area contributed by atoms with E-state index >= 15 is 0 Å². The number of rotatable bonds is 3. The number of aromatic nitrogens is 1. The minimum Gasteiger partial charge on any atom is -0.332 e. The lowest BCUT2D eigenvalue weighted by molar-refractivity contribution is 0.0679. The number of aryl methyl sites for hydroxylation is 1. The Morgan fingerprint density at radius 1 is 1.15 bits per heavy atom. The number of carbonyl (C=O) groups is 1. The molecular weight excluding hydrogens is 362 g/mol. The molecule has 144 valence electrons. The van der Waals surface area contributed by atoms with E-state index in [1.807, 2.05) is 24.0 Å². The summed E-state index contributed by atoms with van der Waals surface area (Å²) in [5.41, 5.74) is 2.97. The Morgan fingerprint density at radius 2 is 1.85 bits per heavy atom. The zero-order valence-corrected chi connectivity index (χ0v) is 16.5. The van der Waals surface area contributed by atoms with Crippen molar-refractivity contribution in [2.45, 2.75) is 50.5 Å². The summed E-state index contributed by atoms with van der Waals surface area (Å²) in [7, 11) is -3.88. The van der Waals surface area contributed by atoms with E-state index in [2.05, 4.69) is 4.98 Å². The molecule has 0 aliphatic carbocycles. The lowest BCUT2D eigenvalue weighted by Crippen LogP contribution is -2.35. The van der Waals surface area contributed by atoms with Crippen LogP contribution in [0.5, 0.6) is 0 Å². The molecule has 0 spiro atoms. The number of hydrogen-bond acceptors (Lipinski definition) is 4. The summed E-state index contributed by atoms with van der Waals surface area (Å²) in [6.07, 6.45) is 7.40. The number of likely N-dealkylation sites (tertiary alicyclic amines) is 1. The van der Waals surface area contributed by atoms with E-state index in [-0.39, 0.29) is 16.8 Å². The molecule has 1 aliphatic heterocycles. The highest BCUT2D eigenvalue weighted by atomic mass is 32.2. The van der Waals surface area contributed by atoms with Crippen molar-refractivity contribution < 1.29 is 13.2 Å². The molecule has 1 aromatic heterocycles. The smallest absolute Gasteiger partial charge is 0.254 e. The van der Waals surface area contributed by atoms with Gasteiger partial charge in [0.1, 0.15) is 0 Å². The molecule has 27 heavy (non-hydrogen) atoms. The standard InChI is InChI=1S/C20H25N3O3S/c1-14-12-17(27(21,25)26)13-18(15(14)2)20(24)23-11-5-3-4-6-19(23)16-7-9-22-10-8-16/h7-10,12-13,19H,3-6,11H2,1-2H3,(H2,21,25,26). The topological polar surface area (TPSA) is 93.4 Å². The number of pyridine rings is 1. The quantitative estimate of drug-likeness (QED) is 0.876. The molecule has 1 aliphatic rings. The van der Waals surface area contributed by atoms with Crippen LogP contribution in [0, 0.1) is 13.8 Å². The lowest BCUT2D eigenvalue weighted by Gasteiger charge is -2.31. The van der Waals surface area contributed by atoms with Crippen LogP contribution in [-0.4, -0.2) is 30.8 Å². The first kappa shape index (κ1) is 19.5. The summed E-state index contributed by atoms with van der Waals surface area (Å²) in [6.45, 7) is 4.28. The maximum atomic E-state index is 13.5. The van der Waals surface area contributed by atoms with Crippen LogP contribution in [-0.2, 0) is 10.0 Å². The van der Waals surface area contributed by atoms with Crippen molar-refractivity contribution >= 4 is 15.9 Å². The predicted octanol–water partition coefficient (Wildman–Crippen LogP) is 3.10. The average molecular weight is 388 g/mol. The summed E-state index contributed by atoms with van der Waals surface area (Å²) in [5, 5.41) is 5.31. The number of hydrogen-bond donors (Lipinski definition) is 1. The number of amides is 1. The van der Waals surface area contributed by atoms with Crippen LogP contribution >= 0.6 is 0 Å². The molecule has 2 heterocycles. The largest absolute Gasteiger partial charge is 0.332 e. The molecule has 2 aromatic rings. The van der Waals surface area contributed by atoms with Gasteiger partial charge in [0.25, 0.3) is 5.91 Å². The van der Waals surface area contributed by atoms with Gasteiger partial charge in [0.15, 0.2) is 0 Å². The number of primary sulfonamides is 1. The fourth-order valence-corrected chi connectivity index (χ4v) is 4.27. The molecule has 1 unspecified atom stereocenters. The van der Waals surface area contributed by atoms with Crippen molar-refractivity contribution in [2.24, 2.45) is 5.14 Å². The van der Waals surface area contributed by atoms with Gasteiger partial charge < -0.3 is 4.90 Å². The number of carbonyl (C=O) groups excluding carboxylic acids is 1. The van der Waals surface area contributed by atoms with Gasteiger partial charge in [-0.25, -0.2) is 13.6 Å². The minimum atomic E-state index is -3.88. The van der Waals surface area contributed by atoms with E-state index in [1.54, 1.807) is 19.3 Å². The van der Waals surface area contributed by atoms with Gasteiger partial charge in [-0.3, -0.25) is 9.78 Å². The molecule has 1 saturated heterocycles. The Hall–Kier alpha value is -2.25. The Labute approximate surface area is 160 Å². The van der Waals surface area contributed by atoms with Crippen LogP contribution in [0.4, 0.5) is 0 Å². The molecular formula is C20H25N3O3S. The van der Waals surface area contributed by atoms with E-state index in [4.69, 9.17) is 5.14 Å². The molecule has 1 amide bonds. The van der Waals surface area contributed by atoms with Crippen LogP contribution in [0.15, 0.2) is 41.6 Å². The highest BCUT2D eigenvalue weighted by Gasteiger charge is 2.29. The molecule has 2 N–H and O–H groups in total. The minimum absolute atomic E-state index is 0.0239. The first-order chi connectivity index (χ1) is 12.8. The Kier molecular flexibility index (Phi) is 5.62. The summed E-state index contributed by atoms with van der Waals surface area (Å²) < 4.78 is 23.7. The second-order valence-corrected chi connectivity index (χ2v) is 8.66. The van der Waals surface area contributed by atoms with Crippen molar-refractivity contribution in [1.29, 1.82) is 0 Å². The molecule has 1 fully saturated rings. The van der Waals surface area contributed by atoms with E-state index in [0.29, 0.717) is 12.1 Å². The normalized spacial score (nSPS) is 18.2. The maximum absolute atomic E-state index is 13.5. The van der Waals surface area contributed by atoms with Gasteiger partial charge >= 0.3 is 0 Å². The van der Waals surface area contributed by atoms with Gasteiger partial charge in [0, 0.05) is 24.5 Å². The van der Waals surface area contributed by atoms with Crippen LogP contribution < -0.4 is 5.14 Å². The molecule has 7 heteroatoms. The number of nitrogens with zero attached hydrogens (tertiary/aromatic N) is 2. The average Bonchev–Trinajstić information content (AvgIpc) is 2.89. The van der Waals surface area contributed by atoms with Crippen molar-refractivity contribution in [2.75, 3.05) is 6.54 Å². The third-order valence-electron chi connectivity index (χ3n) is 5.30. The van der Waals surface area contributed by atoms with Gasteiger partial charge in [0.2, 0.25) is 10.0 Å². The highest BCUT2D eigenvalue weighted by Crippen LogP contribution is 2.32. The third-order valence-corrected chi connectivity index (χ3v) is 6.20. The Bertz CT molecular complexity index is 942. The zero-order chi connectivity index (χ0) is 19.6. The number of nitrogens with two attached hydrogens (primary N) is 1. The first-order valence-electron chi connectivity index (χ1n) is 9.14. The van der Waals surface area contributed by atoms with Crippen molar-refractivity contribution in [3.63, 3.8) is 0 Å². The van der Waals surface area contributed by atoms with Crippen molar-refractivity contribution in [1.82, 2.24) is 9.88 Å². The van der Waals surface area contributed by atoms with Crippen molar-refractivity contribution in [3.05, 3.63) is 58.9 Å². The molecule has 0 radical (unpaired) electrons. The van der Waals surface area contributed by atoms with Gasteiger partial charge in [-0.15, -0.1) is 0 Å². The van der Waals surface area contributed by atoms with Crippen LogP contribution in [0.2, 0.25) is 0 Å². The molecule has 3 rings (SSSR count). The van der Waals surface area contributed by atoms with Gasteiger partial charge in [-0.2, -0.15) is 0 Å². The van der Waals surface area contributed by atoms with Gasteiger partial charge in [-0.1, -0.05) is 12.8 Å². The fourth-order valence-electron chi connectivity index (χ4n) is 3.65. The SMILES string of the molecule is Cc1cc(S(N)(=O)=O)cc(C(=O)N2CCCCCC2c2ccncc2)c1C. The first-order valence-corrected chi connectivity index (χ1v) is 10.7. The molecule has 6 nitrogen and oxygen atoms in total. The predicted molar refractivity (Wildman–Crippen MR) is 104 cm³/mol. The van der Waals surface area contributed by atoms with Gasteiger partial charge in [-0.05, 0) is 67.6 Å². The maximum Gasteiger partial charge on any atom is 0.254 e. The van der Waals surface area contributed by atoms with E-state index < -0.39 is 10.0 Å². The Balaban J connectivity index is 2.06. The number of sulfonamides is 1. The summed E-state index contributed by atoms with van der Waals surface area (Å²) in [6, 6.07) is 6.77. The lowest BCUT2D eigenvalue weighted by atomic mass is 9.98. The van der Waals surface area contributed by atoms with Crippen LogP contribution in [0.1, 0.15) is 58.8 Å². The van der Waals surface area contributed by atoms with E-state index in [0.717, 1.165) is 42.4 Å². The molecule has 0 saturated carbocycles. The summed E-state index contributed by atoms with van der Waals surface area (Å²) >= 11 is 0. The second kappa shape index (κ2) is 7.78. The van der Waals surface area contributed by atoms with Crippen LogP contribution in [0.25, 0.3) is 0 Å². The molecule has 1 aromatic carbocycles. The monoisotopic (exact) mass is 387 g/mol. The number of benzene rings is 1. The second-order valence-electron chi connectivity index (χ2n) is 7.10. The zero-order valence-electron chi connectivity index (χ0n) is 15.7. The van der Waals surface area contributed by atoms with Crippen LogP contribution in [0.3, 0.4) is 0 Å². The molecule has 0 bridgehead atoms. The van der Waals surface area contributed by atoms with E-state index in [1.165, 1.54) is 12.1 Å². The highest BCUT2D eigenvalue weighted by molar-refractivity contribution is 7.89. The third kappa shape index (κ3) is 4.20. The van der Waals surface area contributed by atoms with E-state index in [9.17, 15) is 13.2 Å². The Morgan fingerprint density at radius 3 is 2.52 bits per heavy atom. The molecule has 1 atom stereocenters. The summed E-state index contributed by atoms with van der Waals surface area (Å²) in [4.78, 5) is 19.4. The van der Waals surface area contributed by atoms with Crippen molar-refractivity contribution in [3.8, 4) is 0 Å². The fraction of sp³-hybridized carbons (Fsp3) is 0.400. The van der Waals surface area contributed by atoms with Gasteiger partial charge in [0.05, 0.1) is 10.9 Å². The summed E-state index contributed by atoms with van der Waals surface area (Å²) in [5.74, 6) is -0.148.